The molecule has 4 aromatic heterocycles. The van der Waals surface area contributed by atoms with Crippen LogP contribution in [0.4, 0.5) is 11.9 Å². The smallest absolute Gasteiger partial charge is 0.267 e. The summed E-state index contributed by atoms with van der Waals surface area (Å²) in [4.78, 5) is 37.5. The van der Waals surface area contributed by atoms with Crippen molar-refractivity contribution in [2.45, 2.75) is 12.0 Å². The summed E-state index contributed by atoms with van der Waals surface area (Å²) in [5.41, 5.74) is 15.2. The average molecular weight is 461 g/mol. The lowest BCUT2D eigenvalue weighted by Crippen LogP contribution is -2.25. The predicted molar refractivity (Wildman–Crippen MR) is 127 cm³/mol. The third-order valence-corrected chi connectivity index (χ3v) is 5.42. The largest absolute Gasteiger partial charge is 0.470 e. The molecular formula is C22H24N10O2. The van der Waals surface area contributed by atoms with Crippen molar-refractivity contribution < 1.29 is 9.53 Å². The number of carbonyl (C=O) groups is 1. The highest BCUT2D eigenvalue weighted by Gasteiger charge is 2.36. The Labute approximate surface area is 194 Å². The van der Waals surface area contributed by atoms with E-state index in [1.807, 2.05) is 18.3 Å². The second-order valence-corrected chi connectivity index (χ2v) is 7.70. The molecule has 1 aliphatic rings. The molecule has 1 amide bonds. The van der Waals surface area contributed by atoms with E-state index < -0.39 is 0 Å². The van der Waals surface area contributed by atoms with Crippen LogP contribution in [-0.2, 0) is 4.74 Å². The highest BCUT2D eigenvalue weighted by Crippen LogP contribution is 2.34. The molecule has 1 aliphatic heterocycles. The molecule has 0 spiro atoms. The highest BCUT2D eigenvalue weighted by molar-refractivity contribution is 5.93. The molecule has 0 unspecified atom stereocenters. The van der Waals surface area contributed by atoms with Gasteiger partial charge in [0.2, 0.25) is 5.90 Å². The summed E-state index contributed by atoms with van der Waals surface area (Å²) >= 11 is 0. The number of aliphatic imine (C=N–C) groups is 1. The fraction of sp³-hybridized carbons (Fsp3) is 0.182. The number of nitrogens with two attached hydrogens (primary N) is 2. The van der Waals surface area contributed by atoms with Gasteiger partial charge in [-0.2, -0.15) is 0 Å². The van der Waals surface area contributed by atoms with E-state index >= 15 is 0 Å². The number of imidazole rings is 2. The number of nitrogens with zero attached hydrogens (tertiary/aromatic N) is 3. The molecule has 0 radical (unpaired) electrons. The second kappa shape index (κ2) is 9.02. The Kier molecular flexibility index (Phi) is 5.60. The maximum absolute atomic E-state index is 12.1. The number of nitrogens with one attached hydrogen (secondary N) is 5. The van der Waals surface area contributed by atoms with Crippen LogP contribution in [0.3, 0.4) is 0 Å². The minimum atomic E-state index is -0.349. The van der Waals surface area contributed by atoms with Gasteiger partial charge in [-0.25, -0.2) is 15.0 Å². The van der Waals surface area contributed by atoms with Crippen LogP contribution < -0.4 is 16.8 Å². The number of aromatic amines is 4. The fourth-order valence-corrected chi connectivity index (χ4v) is 3.90. The number of anilines is 2. The van der Waals surface area contributed by atoms with Crippen LogP contribution in [0.15, 0.2) is 53.9 Å². The standard InChI is InChI=1S/C22H24N10O2/c23-21-29-10-15(31-21)17(16-11-28-20(34-16)14-6-3-8-26-14)18-12(30-22(24)32-18)4-1-9-27-19(33)13-5-2-7-25-13/h1-8,10,16-17,25-26H,9,11H2,(H,27,33)(H3,23,29,31)(H3,24,30,32)/b4-1+/t16-,17+/m0/s1. The van der Waals surface area contributed by atoms with Gasteiger partial charge in [-0.1, -0.05) is 6.08 Å². The van der Waals surface area contributed by atoms with Gasteiger partial charge in [0.25, 0.3) is 5.91 Å². The lowest BCUT2D eigenvalue weighted by molar-refractivity contribution is 0.0953. The van der Waals surface area contributed by atoms with Crippen molar-refractivity contribution in [3.8, 4) is 0 Å². The van der Waals surface area contributed by atoms with Gasteiger partial charge < -0.3 is 41.5 Å². The summed E-state index contributed by atoms with van der Waals surface area (Å²) < 4.78 is 6.21. The van der Waals surface area contributed by atoms with E-state index in [0.29, 0.717) is 36.3 Å². The summed E-state index contributed by atoms with van der Waals surface area (Å²) in [6, 6.07) is 7.25. The van der Waals surface area contributed by atoms with E-state index in [0.717, 1.165) is 17.1 Å². The Morgan fingerprint density at radius 1 is 1.21 bits per heavy atom. The summed E-state index contributed by atoms with van der Waals surface area (Å²) in [5.74, 6) is 0.532. The summed E-state index contributed by atoms with van der Waals surface area (Å²) in [6.07, 6.45) is 8.42. The first-order valence-electron chi connectivity index (χ1n) is 10.7. The number of amides is 1. The van der Waals surface area contributed by atoms with Crippen LogP contribution >= 0.6 is 0 Å². The topological polar surface area (TPSA) is 192 Å². The number of hydrogen-bond donors (Lipinski definition) is 7. The van der Waals surface area contributed by atoms with Gasteiger partial charge in [0.05, 0.1) is 30.0 Å². The first-order valence-corrected chi connectivity index (χ1v) is 10.7. The van der Waals surface area contributed by atoms with E-state index in [9.17, 15) is 4.79 Å². The molecule has 174 valence electrons. The predicted octanol–water partition coefficient (Wildman–Crippen LogP) is 1.37. The average Bonchev–Trinajstić information content (AvgIpc) is 3.64. The first-order chi connectivity index (χ1) is 16.6. The zero-order valence-electron chi connectivity index (χ0n) is 18.1. The van der Waals surface area contributed by atoms with Gasteiger partial charge in [-0.15, -0.1) is 0 Å². The fourth-order valence-electron chi connectivity index (χ4n) is 3.90. The number of nitrogen functional groups attached to an aromatic ring is 2. The van der Waals surface area contributed by atoms with Crippen molar-refractivity contribution in [2.24, 2.45) is 4.99 Å². The van der Waals surface area contributed by atoms with Crippen LogP contribution in [0.1, 0.15) is 39.2 Å². The van der Waals surface area contributed by atoms with Gasteiger partial charge in [-0.3, -0.25) is 4.79 Å². The lowest BCUT2D eigenvalue weighted by Gasteiger charge is -2.21. The highest BCUT2D eigenvalue weighted by atomic mass is 16.5. The summed E-state index contributed by atoms with van der Waals surface area (Å²) in [6.45, 7) is 0.734. The summed E-state index contributed by atoms with van der Waals surface area (Å²) in [5, 5.41) is 2.82. The van der Waals surface area contributed by atoms with E-state index in [2.05, 4.69) is 40.2 Å². The summed E-state index contributed by atoms with van der Waals surface area (Å²) in [7, 11) is 0. The maximum atomic E-state index is 12.1. The molecule has 9 N–H and O–H groups in total. The van der Waals surface area contributed by atoms with Gasteiger partial charge >= 0.3 is 0 Å². The Balaban J connectivity index is 1.37. The second-order valence-electron chi connectivity index (χ2n) is 7.70. The van der Waals surface area contributed by atoms with Crippen molar-refractivity contribution in [3.05, 3.63) is 77.4 Å². The van der Waals surface area contributed by atoms with Crippen molar-refractivity contribution in [1.29, 1.82) is 0 Å². The Hall–Kier alpha value is -4.74. The molecule has 12 heteroatoms. The Bertz CT molecular complexity index is 1310. The van der Waals surface area contributed by atoms with Crippen molar-refractivity contribution in [3.63, 3.8) is 0 Å². The van der Waals surface area contributed by atoms with Crippen LogP contribution in [0.5, 0.6) is 0 Å². The molecule has 4 aromatic rings. The van der Waals surface area contributed by atoms with Gasteiger partial charge in [0, 0.05) is 24.6 Å². The molecule has 0 aromatic carbocycles. The number of H-pyrrole nitrogens is 4. The molecule has 0 fully saturated rings. The number of carbonyl (C=O) groups excluding carboxylic acids is 1. The molecular weight excluding hydrogens is 436 g/mol. The minimum Gasteiger partial charge on any atom is -0.470 e. The zero-order chi connectivity index (χ0) is 23.5. The number of aromatic nitrogens is 6. The molecule has 5 heterocycles. The molecule has 5 rings (SSSR count). The molecule has 0 aliphatic carbocycles. The normalized spacial score (nSPS) is 16.5. The molecule has 34 heavy (non-hydrogen) atoms. The third-order valence-electron chi connectivity index (χ3n) is 5.42. The first kappa shape index (κ1) is 21.1. The van der Waals surface area contributed by atoms with Gasteiger partial charge in [0.1, 0.15) is 17.5 Å². The number of ether oxygens (including phenoxy) is 1. The quantitative estimate of drug-likeness (QED) is 0.208. The SMILES string of the molecule is Nc1ncc([C@@H](c2[nH]c(N)nc2/C=C/CNC(=O)c2ccc[nH]2)[C@@H]2CN=C(c3ccc[nH]3)O2)[nH]1. The minimum absolute atomic E-state index is 0.199. The van der Waals surface area contributed by atoms with Crippen LogP contribution in [-0.4, -0.2) is 60.9 Å². The zero-order valence-corrected chi connectivity index (χ0v) is 18.1. The number of rotatable bonds is 8. The molecule has 0 bridgehead atoms. The molecule has 12 nitrogen and oxygen atoms in total. The van der Waals surface area contributed by atoms with Crippen LogP contribution in [0.25, 0.3) is 6.08 Å². The van der Waals surface area contributed by atoms with Gasteiger partial charge in [-0.05, 0) is 30.3 Å². The molecule has 2 atom stereocenters. The maximum Gasteiger partial charge on any atom is 0.267 e. The molecule has 0 saturated heterocycles. The van der Waals surface area contributed by atoms with Crippen LogP contribution in [0.2, 0.25) is 0 Å². The third kappa shape index (κ3) is 4.28. The van der Waals surface area contributed by atoms with E-state index in [4.69, 9.17) is 16.2 Å². The van der Waals surface area contributed by atoms with E-state index in [1.165, 1.54) is 0 Å². The lowest BCUT2D eigenvalue weighted by atomic mass is 9.93. The number of hydrogen-bond acceptors (Lipinski definition) is 7. The van der Waals surface area contributed by atoms with E-state index in [-0.39, 0.29) is 23.9 Å². The molecule has 0 saturated carbocycles. The van der Waals surface area contributed by atoms with E-state index in [1.54, 1.807) is 36.7 Å². The van der Waals surface area contributed by atoms with Crippen molar-refractivity contribution in [1.82, 2.24) is 35.2 Å². The van der Waals surface area contributed by atoms with Crippen molar-refractivity contribution in [2.75, 3.05) is 24.6 Å². The Morgan fingerprint density at radius 3 is 2.79 bits per heavy atom. The van der Waals surface area contributed by atoms with Crippen molar-refractivity contribution >= 4 is 29.8 Å². The monoisotopic (exact) mass is 460 g/mol. The Morgan fingerprint density at radius 2 is 2.06 bits per heavy atom. The van der Waals surface area contributed by atoms with Crippen LogP contribution in [0, 0.1) is 0 Å². The van der Waals surface area contributed by atoms with Gasteiger partial charge in [0.15, 0.2) is 11.9 Å².